The summed E-state index contributed by atoms with van der Waals surface area (Å²) in [6.45, 7) is -5.37. The van der Waals surface area contributed by atoms with E-state index in [9.17, 15) is 74.6 Å². The first kappa shape index (κ1) is 50.7. The summed E-state index contributed by atoms with van der Waals surface area (Å²) >= 11 is 0. The van der Waals surface area contributed by atoms with Crippen LogP contribution in [0.3, 0.4) is 0 Å². The Morgan fingerprint density at radius 1 is 0.618 bits per heavy atom. The number of aliphatic hydroxyl groups is 2. The number of hydrogen-bond acceptors (Lipinski definition) is 9. The molecular weight excluding hydrogens is 829 g/mol. The van der Waals surface area contributed by atoms with Crippen molar-refractivity contribution in [1.29, 1.82) is 0 Å². The summed E-state index contributed by atoms with van der Waals surface area (Å²) < 4.78 is 279. The van der Waals surface area contributed by atoms with Crippen LogP contribution in [0.2, 0.25) is 0 Å². The van der Waals surface area contributed by atoms with Gasteiger partial charge in [-0.3, -0.25) is 4.74 Å². The van der Waals surface area contributed by atoms with Crippen molar-refractivity contribution in [3.63, 3.8) is 0 Å². The number of rotatable bonds is 24. The number of allylic oxidation sites excluding steroid dienone is 7. The second kappa shape index (κ2) is 21.1. The lowest BCUT2D eigenvalue weighted by atomic mass is 9.92. The first-order chi connectivity index (χ1) is 25.2. The summed E-state index contributed by atoms with van der Waals surface area (Å²) in [6.07, 6.45) is -15.4. The van der Waals surface area contributed by atoms with Crippen LogP contribution in [0, 0.1) is 5.41 Å². The van der Waals surface area contributed by atoms with Crippen molar-refractivity contribution in [2.45, 2.75) is 36.4 Å². The first-order valence-corrected chi connectivity index (χ1v) is 13.5. The normalized spacial score (nSPS) is 17.5. The van der Waals surface area contributed by atoms with Gasteiger partial charge in [0.2, 0.25) is 23.3 Å². The van der Waals surface area contributed by atoms with Crippen LogP contribution in [0.25, 0.3) is 0 Å². The average Bonchev–Trinajstić information content (AvgIpc) is 3.11. The Labute approximate surface area is 294 Å². The quantitative estimate of drug-likeness (QED) is 0.0245. The molecule has 0 aliphatic carbocycles. The van der Waals surface area contributed by atoms with E-state index in [1.54, 1.807) is 0 Å². The van der Waals surface area contributed by atoms with Gasteiger partial charge in [-0.2, -0.15) is 44.4 Å². The van der Waals surface area contributed by atoms with Gasteiger partial charge in [-0.15, -0.1) is 0 Å². The predicted molar refractivity (Wildman–Crippen MR) is 140 cm³/mol. The third kappa shape index (κ3) is 13.2. The molecule has 0 aromatic heterocycles. The molecule has 0 aliphatic rings. The Bertz CT molecular complexity index is 1440. The highest BCUT2D eigenvalue weighted by atomic mass is 19.4. The third-order valence-corrected chi connectivity index (χ3v) is 5.87. The molecule has 28 heteroatoms. The molecule has 2 N–H and O–H groups in total. The molecule has 0 spiro atoms. The zero-order chi connectivity index (χ0) is 43.1. The number of hydrogen-bond donors (Lipinski definition) is 2. The molecule has 0 radical (unpaired) electrons. The van der Waals surface area contributed by atoms with Crippen molar-refractivity contribution >= 4 is 0 Å². The minimum atomic E-state index is -7.95. The highest BCUT2D eigenvalue weighted by molar-refractivity contribution is 5.40. The minimum absolute atomic E-state index is 0.266. The average molecular weight is 852 g/mol. The van der Waals surface area contributed by atoms with E-state index in [2.05, 4.69) is 26.1 Å². The van der Waals surface area contributed by atoms with Gasteiger partial charge >= 0.3 is 30.0 Å². The molecule has 0 rings (SSSR count). The first-order valence-electron chi connectivity index (χ1n) is 13.5. The molecule has 55 heavy (non-hydrogen) atoms. The lowest BCUT2D eigenvalue weighted by Gasteiger charge is -2.39. The maximum absolute atomic E-state index is 15.3. The fourth-order valence-electron chi connectivity index (χ4n) is 3.19. The summed E-state index contributed by atoms with van der Waals surface area (Å²) in [5.41, 5.74) is -1.99. The molecular formula is C27H23F19O9. The van der Waals surface area contributed by atoms with Gasteiger partial charge in [-0.25, -0.2) is 43.9 Å². The third-order valence-electron chi connectivity index (χ3n) is 5.87. The number of ether oxygens (including phenoxy) is 4. The molecule has 0 aromatic rings. The van der Waals surface area contributed by atoms with Crippen LogP contribution in [0.1, 0.15) is 6.42 Å². The summed E-state index contributed by atoms with van der Waals surface area (Å²) in [7, 11) is 0. The van der Waals surface area contributed by atoms with Gasteiger partial charge in [0.05, 0.1) is 18.6 Å². The van der Waals surface area contributed by atoms with E-state index in [0.29, 0.717) is 18.8 Å². The number of aliphatic hydroxyl groups excluding tert-OH is 2. The highest BCUT2D eigenvalue weighted by Crippen LogP contribution is 2.55. The maximum atomic E-state index is 15.3. The molecule has 0 heterocycles. The van der Waals surface area contributed by atoms with E-state index in [4.69, 9.17) is 24.4 Å². The minimum Gasteiger partial charge on any atom is -0.512 e. The zero-order valence-electron chi connectivity index (χ0n) is 26.5. The van der Waals surface area contributed by atoms with Crippen molar-refractivity contribution in [2.24, 2.45) is 5.41 Å². The number of halogens is 19. The second-order valence-corrected chi connectivity index (χ2v) is 9.82. The Balaban J connectivity index is 7.18. The molecule has 0 saturated carbocycles. The van der Waals surface area contributed by atoms with Gasteiger partial charge in [0, 0.05) is 6.42 Å². The molecule has 318 valence electrons. The van der Waals surface area contributed by atoms with E-state index in [0.717, 1.165) is 0 Å². The standard InChI is InChI=1S/C27H23F19O9/c1-2-52-55-53-13-22(11-50-7-4-47,12-51-8-5-48)10-49-6-3-23(37,26(41,42)43)54-24(38,25(39,40)27(44,45)46)21(36)20(35)19(34)18(33)17(32)16(31)15(30)14(29)9-28/h2,4-5,7-8,47-48H,1,3,6,9-13H2/b7-4+,8-5+,15-14+,17-16+,19-18+,21-20+. The van der Waals surface area contributed by atoms with E-state index >= 15 is 8.78 Å². The molecule has 2 atom stereocenters. The van der Waals surface area contributed by atoms with Gasteiger partial charge < -0.3 is 29.3 Å². The Kier molecular flexibility index (Phi) is 19.5. The van der Waals surface area contributed by atoms with E-state index < -0.39 is 128 Å². The van der Waals surface area contributed by atoms with Crippen LogP contribution in [-0.2, 0) is 33.8 Å². The highest BCUT2D eigenvalue weighted by Gasteiger charge is 2.79. The van der Waals surface area contributed by atoms with Crippen molar-refractivity contribution in [3.8, 4) is 0 Å². The SMILES string of the molecule is C=COOOCC(CO/C=C/O)(CO/C=C/O)COCCC(F)(OC(F)(/C(F)=C(F)/C(F)=C(F)/C(F)=C(F)/C(F)=C(\F)CF)C(F)(F)C(F)(F)F)C(F)(F)F. The lowest BCUT2D eigenvalue weighted by molar-refractivity contribution is -0.497. The summed E-state index contributed by atoms with van der Waals surface area (Å²) in [4.78, 5) is 8.71. The molecule has 0 fully saturated rings. The Morgan fingerprint density at radius 2 is 1.09 bits per heavy atom. The van der Waals surface area contributed by atoms with E-state index in [1.165, 1.54) is 0 Å². The molecule has 0 bridgehead atoms. The van der Waals surface area contributed by atoms with E-state index in [-0.39, 0.29) is 12.5 Å². The van der Waals surface area contributed by atoms with Crippen LogP contribution in [0.5, 0.6) is 0 Å². The van der Waals surface area contributed by atoms with Crippen molar-refractivity contribution < 1.29 is 127 Å². The summed E-state index contributed by atoms with van der Waals surface area (Å²) in [5, 5.41) is 21.6. The second-order valence-electron chi connectivity index (χ2n) is 9.82. The number of alkyl halides is 11. The molecule has 0 amide bonds. The van der Waals surface area contributed by atoms with Crippen molar-refractivity contribution in [2.75, 3.05) is 39.7 Å². The van der Waals surface area contributed by atoms with Gasteiger partial charge in [0.1, 0.15) is 57.8 Å². The molecule has 0 saturated heterocycles. The summed E-state index contributed by atoms with van der Waals surface area (Å²) in [5.74, 6) is -53.7. The molecule has 9 nitrogen and oxygen atoms in total. The van der Waals surface area contributed by atoms with Gasteiger partial charge in [-0.05, 0) is 5.04 Å². The molecule has 0 aromatic carbocycles. The Hall–Kier alpha value is -4.31. The van der Waals surface area contributed by atoms with Crippen molar-refractivity contribution in [1.82, 2.24) is 0 Å². The van der Waals surface area contributed by atoms with Crippen LogP contribution in [-0.4, -0.2) is 79.9 Å². The van der Waals surface area contributed by atoms with Crippen LogP contribution in [0.4, 0.5) is 83.4 Å². The largest absolute Gasteiger partial charge is 0.512 e. The van der Waals surface area contributed by atoms with Crippen LogP contribution < -0.4 is 0 Å². The van der Waals surface area contributed by atoms with Crippen LogP contribution >= 0.6 is 0 Å². The van der Waals surface area contributed by atoms with E-state index in [1.807, 2.05) is 0 Å². The van der Waals surface area contributed by atoms with Gasteiger partial charge in [0.25, 0.3) is 0 Å². The monoisotopic (exact) mass is 852 g/mol. The van der Waals surface area contributed by atoms with Crippen molar-refractivity contribution in [3.05, 3.63) is 84.5 Å². The fraction of sp³-hybridized carbons (Fsp3) is 0.481. The lowest BCUT2D eigenvalue weighted by Crippen LogP contribution is -2.62. The van der Waals surface area contributed by atoms with Gasteiger partial charge in [-0.1, -0.05) is 6.58 Å². The van der Waals surface area contributed by atoms with Crippen LogP contribution in [0.15, 0.2) is 84.5 Å². The molecule has 2 unspecified atom stereocenters. The maximum Gasteiger partial charge on any atom is 0.460 e. The topological polar surface area (TPSA) is 105 Å². The smallest absolute Gasteiger partial charge is 0.460 e. The van der Waals surface area contributed by atoms with Gasteiger partial charge in [0.15, 0.2) is 23.3 Å². The molecule has 0 aliphatic heterocycles. The Morgan fingerprint density at radius 3 is 1.51 bits per heavy atom. The zero-order valence-corrected chi connectivity index (χ0v) is 26.5. The fourth-order valence-corrected chi connectivity index (χ4v) is 3.19. The summed E-state index contributed by atoms with van der Waals surface area (Å²) in [6, 6.07) is 0. The predicted octanol–water partition coefficient (Wildman–Crippen LogP) is 10.2.